The molecule has 0 saturated carbocycles. The van der Waals surface area contributed by atoms with Gasteiger partial charge < -0.3 is 14.8 Å². The molecule has 0 aliphatic rings. The van der Waals surface area contributed by atoms with Crippen LogP contribution >= 0.6 is 12.2 Å². The quantitative estimate of drug-likeness (QED) is 0.123. The highest BCUT2D eigenvalue weighted by molar-refractivity contribution is 7.80. The Kier molecular flexibility index (Phi) is 11.4. The zero-order valence-electron chi connectivity index (χ0n) is 24.4. The number of hydrogen-bond acceptors (Lipinski definition) is 5. The van der Waals surface area contributed by atoms with Crippen LogP contribution in [0.25, 0.3) is 10.9 Å². The van der Waals surface area contributed by atoms with Crippen molar-refractivity contribution in [2.45, 2.75) is 58.1 Å². The second-order valence-electron chi connectivity index (χ2n) is 10.2. The fourth-order valence-electron chi connectivity index (χ4n) is 4.95. The van der Waals surface area contributed by atoms with Gasteiger partial charge in [0.25, 0.3) is 5.17 Å². The molecule has 3 atom stereocenters. The first kappa shape index (κ1) is 34.1. The second kappa shape index (κ2) is 14.4. The summed E-state index contributed by atoms with van der Waals surface area (Å²) in [7, 11) is 1.53. The number of anilines is 1. The molecule has 1 aromatic heterocycles. The molecule has 43 heavy (non-hydrogen) atoms. The van der Waals surface area contributed by atoms with Crippen molar-refractivity contribution in [3.05, 3.63) is 78.0 Å². The lowest BCUT2D eigenvalue weighted by Crippen LogP contribution is -2.43. The number of rotatable bonds is 12. The third kappa shape index (κ3) is 8.82. The van der Waals surface area contributed by atoms with Crippen LogP contribution in [-0.4, -0.2) is 41.3 Å². The topological polar surface area (TPSA) is 46.6 Å². The zero-order valence-corrected chi connectivity index (χ0v) is 25.2. The Hall–Kier alpha value is -3.38. The highest BCUT2D eigenvalue weighted by Gasteiger charge is 2.37. The number of alkyl halides is 6. The van der Waals surface area contributed by atoms with E-state index < -0.39 is 35.3 Å². The van der Waals surface area contributed by atoms with E-state index in [1.807, 2.05) is 26.8 Å². The molecule has 5 nitrogen and oxygen atoms in total. The van der Waals surface area contributed by atoms with Crippen molar-refractivity contribution >= 4 is 34.0 Å². The van der Waals surface area contributed by atoms with Crippen molar-refractivity contribution in [3.8, 4) is 5.75 Å². The van der Waals surface area contributed by atoms with Gasteiger partial charge in [-0.25, -0.2) is 0 Å². The Morgan fingerprint density at radius 3 is 2.23 bits per heavy atom. The molecule has 0 radical (unpaired) electrons. The molecule has 1 heterocycles. The Balaban J connectivity index is 2.11. The number of ether oxygens (including phenoxy) is 2. The molecule has 2 unspecified atom stereocenters. The number of hydrogen-bond donors (Lipinski definition) is 1. The van der Waals surface area contributed by atoms with Gasteiger partial charge in [0.05, 0.1) is 29.8 Å². The number of halogens is 6. The third-order valence-electron chi connectivity index (χ3n) is 7.03. The van der Waals surface area contributed by atoms with Crippen LogP contribution in [0.15, 0.2) is 61.3 Å². The highest BCUT2D eigenvalue weighted by atomic mass is 32.1. The summed E-state index contributed by atoms with van der Waals surface area (Å²) in [4.78, 5) is 6.67. The van der Waals surface area contributed by atoms with Crippen molar-refractivity contribution in [1.82, 2.24) is 9.88 Å². The average molecular weight is 628 g/mol. The van der Waals surface area contributed by atoms with Crippen LogP contribution in [0.4, 0.5) is 32.0 Å². The van der Waals surface area contributed by atoms with Gasteiger partial charge in [-0.3, -0.25) is 9.88 Å². The lowest BCUT2D eigenvalue weighted by molar-refractivity contribution is -0.143. The molecule has 0 bridgehead atoms. The van der Waals surface area contributed by atoms with Gasteiger partial charge in [-0.05, 0) is 80.0 Å². The molecular weight excluding hydrogens is 592 g/mol. The van der Waals surface area contributed by atoms with Crippen molar-refractivity contribution in [2.75, 3.05) is 25.5 Å². The molecule has 0 saturated heterocycles. The Morgan fingerprint density at radius 1 is 1.05 bits per heavy atom. The van der Waals surface area contributed by atoms with E-state index >= 15 is 0 Å². The maximum atomic E-state index is 13.5. The zero-order chi connectivity index (χ0) is 31.9. The molecule has 1 N–H and O–H groups in total. The lowest BCUT2D eigenvalue weighted by Gasteiger charge is -2.38. The molecule has 3 rings (SSSR count). The molecule has 12 heteroatoms. The van der Waals surface area contributed by atoms with Crippen molar-refractivity contribution in [2.24, 2.45) is 5.92 Å². The van der Waals surface area contributed by atoms with Crippen LogP contribution in [0.3, 0.4) is 0 Å². The number of thiocarbonyl (C=S) groups is 1. The standard InChI is InChI=1S/C31H35F6N3O2S/c1-6-13-40(18-19(4)7-2)27(8-3)28(24-11-12-38-26-10-9-23(41-5)17-25(24)26)42-29(43)39-22-15-20(30(32,33)34)14-21(16-22)31(35,36)37/h7,9-12,14-17,19,27-28H,2,6,8,13,18H2,1,3-5H3,(H,39,43)/t19?,27?,28-/m0/s1. The summed E-state index contributed by atoms with van der Waals surface area (Å²) in [5, 5.41) is 2.80. The van der Waals surface area contributed by atoms with Gasteiger partial charge in [0.1, 0.15) is 11.9 Å². The molecule has 0 fully saturated rings. The molecule has 0 spiro atoms. The minimum absolute atomic E-state index is 0.0604. The average Bonchev–Trinajstić information content (AvgIpc) is 2.95. The van der Waals surface area contributed by atoms with Gasteiger partial charge >= 0.3 is 12.4 Å². The SMILES string of the molecule is C=CC(C)CN(CCC)C(CC)[C@@H](OC(=S)Nc1cc(C(F)(F)F)cc(C(F)(F)F)c1)c1ccnc2ccc(OC)cc12. The monoisotopic (exact) mass is 627 g/mol. The third-order valence-corrected chi connectivity index (χ3v) is 7.23. The van der Waals surface area contributed by atoms with E-state index in [2.05, 4.69) is 21.8 Å². The van der Waals surface area contributed by atoms with Crippen molar-refractivity contribution < 1.29 is 35.8 Å². The molecule has 3 aromatic rings. The fourth-order valence-corrected chi connectivity index (χ4v) is 5.17. The van der Waals surface area contributed by atoms with Gasteiger partial charge in [-0.1, -0.05) is 26.8 Å². The van der Waals surface area contributed by atoms with Gasteiger partial charge in [0.2, 0.25) is 0 Å². The van der Waals surface area contributed by atoms with E-state index in [1.54, 1.807) is 30.5 Å². The van der Waals surface area contributed by atoms with Crippen molar-refractivity contribution in [3.63, 3.8) is 0 Å². The van der Waals surface area contributed by atoms with E-state index in [1.165, 1.54) is 7.11 Å². The summed E-state index contributed by atoms with van der Waals surface area (Å²) in [5.74, 6) is 0.704. The van der Waals surface area contributed by atoms with Gasteiger partial charge in [0.15, 0.2) is 0 Å². The number of aromatic nitrogens is 1. The van der Waals surface area contributed by atoms with E-state index in [0.717, 1.165) is 6.42 Å². The van der Waals surface area contributed by atoms with E-state index in [-0.39, 0.29) is 23.2 Å². The second-order valence-corrected chi connectivity index (χ2v) is 10.6. The van der Waals surface area contributed by atoms with E-state index in [4.69, 9.17) is 21.7 Å². The maximum absolute atomic E-state index is 13.5. The van der Waals surface area contributed by atoms with Crippen LogP contribution in [-0.2, 0) is 17.1 Å². The first-order valence-electron chi connectivity index (χ1n) is 13.8. The summed E-state index contributed by atoms with van der Waals surface area (Å²) >= 11 is 5.42. The minimum Gasteiger partial charge on any atom is -0.497 e. The summed E-state index contributed by atoms with van der Waals surface area (Å²) in [6.45, 7) is 11.3. The summed E-state index contributed by atoms with van der Waals surface area (Å²) < 4.78 is 92.6. The number of methoxy groups -OCH3 is 1. The van der Waals surface area contributed by atoms with Gasteiger partial charge in [-0.15, -0.1) is 6.58 Å². The van der Waals surface area contributed by atoms with Crippen LogP contribution < -0.4 is 10.1 Å². The van der Waals surface area contributed by atoms with Crippen molar-refractivity contribution in [1.29, 1.82) is 0 Å². The first-order chi connectivity index (χ1) is 20.2. The highest BCUT2D eigenvalue weighted by Crippen LogP contribution is 2.38. The normalized spacial score (nSPS) is 14.3. The molecule has 0 aliphatic heterocycles. The number of benzene rings is 2. The van der Waals surface area contributed by atoms with Gasteiger partial charge in [-0.2, -0.15) is 26.3 Å². The number of pyridine rings is 1. The molecular formula is C31H35F6N3O2S. The lowest BCUT2D eigenvalue weighted by atomic mass is 9.94. The van der Waals surface area contributed by atoms with Crippen LogP contribution in [0.5, 0.6) is 5.75 Å². The Morgan fingerprint density at radius 2 is 1.70 bits per heavy atom. The largest absolute Gasteiger partial charge is 0.497 e. The predicted octanol–water partition coefficient (Wildman–Crippen LogP) is 9.05. The van der Waals surface area contributed by atoms with Crippen LogP contribution in [0, 0.1) is 5.92 Å². The molecule has 234 valence electrons. The smallest absolute Gasteiger partial charge is 0.416 e. The first-order valence-corrected chi connectivity index (χ1v) is 14.2. The number of nitrogens with zero attached hydrogens (tertiary/aromatic N) is 2. The summed E-state index contributed by atoms with van der Waals surface area (Å²) in [6.07, 6.45) is -5.92. The van der Waals surface area contributed by atoms with E-state index in [9.17, 15) is 26.3 Å². The van der Waals surface area contributed by atoms with Crippen LogP contribution in [0.2, 0.25) is 0 Å². The number of nitrogens with one attached hydrogen (secondary N) is 1. The summed E-state index contributed by atoms with van der Waals surface area (Å²) in [6, 6.07) is 8.03. The minimum atomic E-state index is -5.01. The molecule has 2 aromatic carbocycles. The molecule has 0 amide bonds. The summed E-state index contributed by atoms with van der Waals surface area (Å²) in [5.41, 5.74) is -2.08. The molecule has 0 aliphatic carbocycles. The number of fused-ring (bicyclic) bond motifs is 1. The maximum Gasteiger partial charge on any atom is 0.416 e. The van der Waals surface area contributed by atoms with E-state index in [0.29, 0.717) is 53.9 Å². The van der Waals surface area contributed by atoms with Gasteiger partial charge in [0, 0.05) is 29.4 Å². The Labute approximate surface area is 252 Å². The predicted molar refractivity (Wildman–Crippen MR) is 160 cm³/mol. The Bertz CT molecular complexity index is 1380. The fraction of sp³-hybridized carbons (Fsp3) is 0.419. The van der Waals surface area contributed by atoms with Crippen LogP contribution in [0.1, 0.15) is 56.4 Å².